The second-order valence-electron chi connectivity index (χ2n) is 5.19. The summed E-state index contributed by atoms with van der Waals surface area (Å²) in [5, 5.41) is 4.16. The van der Waals surface area contributed by atoms with Gasteiger partial charge in [-0.2, -0.15) is 5.10 Å². The van der Waals surface area contributed by atoms with E-state index in [0.29, 0.717) is 17.4 Å². The quantitative estimate of drug-likeness (QED) is 0.756. The van der Waals surface area contributed by atoms with Crippen LogP contribution < -0.4 is 5.73 Å². The van der Waals surface area contributed by atoms with Crippen molar-refractivity contribution >= 4 is 11.6 Å². The van der Waals surface area contributed by atoms with E-state index >= 15 is 0 Å². The lowest BCUT2D eigenvalue weighted by molar-refractivity contribution is 0.0566. The van der Waals surface area contributed by atoms with Crippen LogP contribution in [0.1, 0.15) is 23.3 Å². The zero-order valence-corrected chi connectivity index (χ0v) is 10.7. The first-order valence-electron chi connectivity index (χ1n) is 6.47. The molecule has 2 aliphatic heterocycles. The van der Waals surface area contributed by atoms with E-state index in [-0.39, 0.29) is 5.91 Å². The highest BCUT2D eigenvalue weighted by Gasteiger charge is 2.33. The molecule has 1 unspecified atom stereocenters. The zero-order valence-electron chi connectivity index (χ0n) is 10.7. The van der Waals surface area contributed by atoms with Crippen LogP contribution in [-0.4, -0.2) is 57.7 Å². The molecule has 2 fully saturated rings. The van der Waals surface area contributed by atoms with Gasteiger partial charge in [0, 0.05) is 38.9 Å². The van der Waals surface area contributed by atoms with Crippen LogP contribution in [0.3, 0.4) is 0 Å². The van der Waals surface area contributed by atoms with E-state index in [4.69, 9.17) is 5.73 Å². The number of hydrogen-bond donors (Lipinski definition) is 1. The van der Waals surface area contributed by atoms with Gasteiger partial charge in [0.05, 0.1) is 5.69 Å². The van der Waals surface area contributed by atoms with Gasteiger partial charge in [-0.3, -0.25) is 14.4 Å². The number of piperazine rings is 1. The van der Waals surface area contributed by atoms with Crippen LogP contribution in [0.25, 0.3) is 0 Å². The maximum atomic E-state index is 12.4. The summed E-state index contributed by atoms with van der Waals surface area (Å²) in [5.41, 5.74) is 6.68. The monoisotopic (exact) mass is 249 g/mol. The summed E-state index contributed by atoms with van der Waals surface area (Å²) in [4.78, 5) is 16.7. The number of rotatable bonds is 1. The molecule has 98 valence electrons. The van der Waals surface area contributed by atoms with Gasteiger partial charge in [-0.05, 0) is 19.4 Å². The van der Waals surface area contributed by atoms with Gasteiger partial charge in [0.1, 0.15) is 0 Å². The fraction of sp³-hybridized carbons (Fsp3) is 0.667. The van der Waals surface area contributed by atoms with Gasteiger partial charge >= 0.3 is 0 Å². The third-order valence-electron chi connectivity index (χ3n) is 3.93. The van der Waals surface area contributed by atoms with Crippen molar-refractivity contribution in [2.45, 2.75) is 18.9 Å². The molecule has 2 saturated heterocycles. The second kappa shape index (κ2) is 4.28. The molecule has 6 nitrogen and oxygen atoms in total. The highest BCUT2D eigenvalue weighted by atomic mass is 16.2. The Labute approximate surface area is 106 Å². The van der Waals surface area contributed by atoms with Crippen molar-refractivity contribution in [3.8, 4) is 0 Å². The number of hydrogen-bond acceptors (Lipinski definition) is 4. The Bertz CT molecular complexity index is 469. The third-order valence-corrected chi connectivity index (χ3v) is 3.93. The van der Waals surface area contributed by atoms with Crippen LogP contribution in [0.4, 0.5) is 5.69 Å². The minimum Gasteiger partial charge on any atom is -0.396 e. The number of nitrogens with two attached hydrogens (primary N) is 1. The predicted octanol–water partition coefficient (Wildman–Crippen LogP) is -0.0775. The van der Waals surface area contributed by atoms with Crippen molar-refractivity contribution < 1.29 is 4.79 Å². The van der Waals surface area contributed by atoms with Crippen molar-refractivity contribution in [2.75, 3.05) is 31.9 Å². The third kappa shape index (κ3) is 1.86. The van der Waals surface area contributed by atoms with Gasteiger partial charge in [0.2, 0.25) is 0 Å². The van der Waals surface area contributed by atoms with Gasteiger partial charge in [0.15, 0.2) is 5.69 Å². The molecule has 2 N–H and O–H groups in total. The number of carbonyl (C=O) groups excluding carboxylic acids is 1. The average molecular weight is 249 g/mol. The fourth-order valence-electron chi connectivity index (χ4n) is 3.00. The maximum Gasteiger partial charge on any atom is 0.276 e. The molecule has 0 bridgehead atoms. The molecule has 0 aliphatic carbocycles. The Morgan fingerprint density at radius 2 is 2.28 bits per heavy atom. The van der Waals surface area contributed by atoms with Gasteiger partial charge in [-0.15, -0.1) is 0 Å². The lowest BCUT2D eigenvalue weighted by Gasteiger charge is -2.37. The highest BCUT2D eigenvalue weighted by molar-refractivity contribution is 5.97. The SMILES string of the molecule is Cn1cc(N)c(C(=O)N2CCN3CCCC3C2)n1. The van der Waals surface area contributed by atoms with Crippen LogP contribution in [0.2, 0.25) is 0 Å². The molecule has 0 spiro atoms. The van der Waals surface area contributed by atoms with E-state index in [1.807, 2.05) is 4.90 Å². The molecule has 2 aliphatic rings. The van der Waals surface area contributed by atoms with Gasteiger partial charge in [-0.1, -0.05) is 0 Å². The van der Waals surface area contributed by atoms with E-state index in [1.165, 1.54) is 19.4 Å². The summed E-state index contributed by atoms with van der Waals surface area (Å²) in [7, 11) is 1.78. The first-order chi connectivity index (χ1) is 8.65. The predicted molar refractivity (Wildman–Crippen MR) is 68.1 cm³/mol. The summed E-state index contributed by atoms with van der Waals surface area (Å²) >= 11 is 0. The zero-order chi connectivity index (χ0) is 12.7. The van der Waals surface area contributed by atoms with Gasteiger partial charge < -0.3 is 10.6 Å². The molecule has 3 heterocycles. The summed E-state index contributed by atoms with van der Waals surface area (Å²) < 4.78 is 1.59. The van der Waals surface area contributed by atoms with Crippen molar-refractivity contribution in [3.63, 3.8) is 0 Å². The van der Waals surface area contributed by atoms with Gasteiger partial charge in [0.25, 0.3) is 5.91 Å². The maximum absolute atomic E-state index is 12.4. The summed E-state index contributed by atoms with van der Waals surface area (Å²) in [6.07, 6.45) is 4.12. The normalized spacial score (nSPS) is 24.3. The van der Waals surface area contributed by atoms with E-state index < -0.39 is 0 Å². The van der Waals surface area contributed by atoms with Crippen molar-refractivity contribution in [3.05, 3.63) is 11.9 Å². The first-order valence-corrected chi connectivity index (χ1v) is 6.47. The Morgan fingerprint density at radius 1 is 1.44 bits per heavy atom. The fourth-order valence-corrected chi connectivity index (χ4v) is 3.00. The number of nitrogen functional groups attached to an aromatic ring is 1. The average Bonchev–Trinajstić information content (AvgIpc) is 2.93. The summed E-state index contributed by atoms with van der Waals surface area (Å²) in [5.74, 6) is -0.0281. The topological polar surface area (TPSA) is 67.4 Å². The largest absolute Gasteiger partial charge is 0.396 e. The van der Waals surface area contributed by atoms with Crippen molar-refractivity contribution in [1.82, 2.24) is 19.6 Å². The van der Waals surface area contributed by atoms with Crippen LogP contribution in [-0.2, 0) is 7.05 Å². The number of aryl methyl sites for hydroxylation is 1. The second-order valence-corrected chi connectivity index (χ2v) is 5.19. The summed E-state index contributed by atoms with van der Waals surface area (Å²) in [6, 6.07) is 0.535. The molecule has 6 heteroatoms. The molecule has 0 aromatic carbocycles. The lowest BCUT2D eigenvalue weighted by atomic mass is 10.1. The molecule has 18 heavy (non-hydrogen) atoms. The molecule has 0 saturated carbocycles. The Kier molecular flexibility index (Phi) is 2.74. The molecule has 1 atom stereocenters. The molecule has 0 radical (unpaired) electrons. The van der Waals surface area contributed by atoms with Crippen LogP contribution in [0.15, 0.2) is 6.20 Å². The number of nitrogens with zero attached hydrogens (tertiary/aromatic N) is 4. The van der Waals surface area contributed by atoms with Crippen LogP contribution in [0, 0.1) is 0 Å². The first kappa shape index (κ1) is 11.5. The van der Waals surface area contributed by atoms with E-state index in [1.54, 1.807) is 17.9 Å². The van der Waals surface area contributed by atoms with Crippen LogP contribution >= 0.6 is 0 Å². The Morgan fingerprint density at radius 3 is 3.00 bits per heavy atom. The lowest BCUT2D eigenvalue weighted by Crippen LogP contribution is -2.52. The highest BCUT2D eigenvalue weighted by Crippen LogP contribution is 2.23. The summed E-state index contributed by atoms with van der Waals surface area (Å²) in [6.45, 7) is 3.75. The van der Waals surface area contributed by atoms with Crippen molar-refractivity contribution in [2.24, 2.45) is 7.05 Å². The standard InChI is InChI=1S/C12H19N5O/c1-15-8-10(13)11(14-15)12(18)17-6-5-16-4-2-3-9(16)7-17/h8-9H,2-7,13H2,1H3. The van der Waals surface area contributed by atoms with E-state index in [2.05, 4.69) is 10.00 Å². The molecule has 1 aromatic heterocycles. The Hall–Kier alpha value is -1.56. The van der Waals surface area contributed by atoms with Crippen molar-refractivity contribution in [1.29, 1.82) is 0 Å². The number of aromatic nitrogens is 2. The Balaban J connectivity index is 1.75. The van der Waals surface area contributed by atoms with Gasteiger partial charge in [-0.25, -0.2) is 0 Å². The van der Waals surface area contributed by atoms with E-state index in [0.717, 1.165) is 19.6 Å². The molecule has 3 rings (SSSR count). The molecule has 1 amide bonds. The van der Waals surface area contributed by atoms with Crippen LogP contribution in [0.5, 0.6) is 0 Å². The number of fused-ring (bicyclic) bond motifs is 1. The number of carbonyl (C=O) groups is 1. The number of anilines is 1. The number of amides is 1. The minimum atomic E-state index is -0.0281. The molecular formula is C12H19N5O. The minimum absolute atomic E-state index is 0.0281. The van der Waals surface area contributed by atoms with E-state index in [9.17, 15) is 4.79 Å². The molecular weight excluding hydrogens is 230 g/mol. The molecule has 1 aromatic rings. The smallest absolute Gasteiger partial charge is 0.276 e.